The van der Waals surface area contributed by atoms with Gasteiger partial charge in [0.1, 0.15) is 5.69 Å². The highest BCUT2D eigenvalue weighted by atomic mass is 16.5. The van der Waals surface area contributed by atoms with Crippen LogP contribution in [0.1, 0.15) is 51.5 Å². The largest absolute Gasteiger partial charge is 0.476 e. The van der Waals surface area contributed by atoms with Crippen LogP contribution in [-0.4, -0.2) is 54.9 Å². The van der Waals surface area contributed by atoms with E-state index in [0.29, 0.717) is 30.5 Å². The third kappa shape index (κ3) is 3.38. The van der Waals surface area contributed by atoms with Crippen molar-refractivity contribution in [2.45, 2.75) is 25.7 Å². The maximum absolute atomic E-state index is 13.2. The minimum absolute atomic E-state index is 0.0362. The molecule has 1 saturated heterocycles. The summed E-state index contributed by atoms with van der Waals surface area (Å²) in [4.78, 5) is 30.6. The van der Waals surface area contributed by atoms with Gasteiger partial charge in [0.15, 0.2) is 11.5 Å². The first-order chi connectivity index (χ1) is 13.5. The number of amides is 1. The quantitative estimate of drug-likeness (QED) is 0.737. The Balaban J connectivity index is 1.64. The molecule has 0 radical (unpaired) electrons. The third-order valence-electron chi connectivity index (χ3n) is 4.75. The van der Waals surface area contributed by atoms with E-state index in [0.717, 1.165) is 12.8 Å². The number of carboxylic acids is 1. The first-order valence-corrected chi connectivity index (χ1v) is 9.01. The Bertz CT molecular complexity index is 1010. The van der Waals surface area contributed by atoms with E-state index in [1.54, 1.807) is 36.1 Å². The second-order valence-corrected chi connectivity index (χ2v) is 6.74. The SMILES string of the molecule is Cc1noc([C@H]2CCCN(C(=O)c3cc(C(=O)O)nn3-c3ccccc3)C2)n1. The lowest BCUT2D eigenvalue weighted by Crippen LogP contribution is -2.40. The lowest BCUT2D eigenvalue weighted by atomic mass is 9.97. The van der Waals surface area contributed by atoms with E-state index >= 15 is 0 Å². The second kappa shape index (κ2) is 7.26. The van der Waals surface area contributed by atoms with Crippen molar-refractivity contribution in [3.05, 3.63) is 59.5 Å². The van der Waals surface area contributed by atoms with Crippen LogP contribution in [0.2, 0.25) is 0 Å². The minimum atomic E-state index is -1.18. The smallest absolute Gasteiger partial charge is 0.356 e. The minimum Gasteiger partial charge on any atom is -0.476 e. The molecular formula is C19H19N5O4. The van der Waals surface area contributed by atoms with E-state index in [4.69, 9.17) is 4.52 Å². The molecular weight excluding hydrogens is 362 g/mol. The Morgan fingerprint density at radius 2 is 2.04 bits per heavy atom. The van der Waals surface area contributed by atoms with Crippen molar-refractivity contribution >= 4 is 11.9 Å². The van der Waals surface area contributed by atoms with E-state index in [9.17, 15) is 14.7 Å². The summed E-state index contributed by atoms with van der Waals surface area (Å²) in [6, 6.07) is 10.3. The predicted molar refractivity (Wildman–Crippen MR) is 97.4 cm³/mol. The number of aromatic nitrogens is 4. The van der Waals surface area contributed by atoms with Gasteiger partial charge in [0.05, 0.1) is 11.6 Å². The van der Waals surface area contributed by atoms with Gasteiger partial charge in [-0.2, -0.15) is 10.1 Å². The molecule has 3 heterocycles. The molecule has 0 spiro atoms. The molecule has 1 aliphatic rings. The number of para-hydroxylation sites is 1. The first-order valence-electron chi connectivity index (χ1n) is 9.01. The monoisotopic (exact) mass is 381 g/mol. The van der Waals surface area contributed by atoms with Gasteiger partial charge in [0.25, 0.3) is 5.91 Å². The molecule has 2 aromatic heterocycles. The normalized spacial score (nSPS) is 16.9. The van der Waals surface area contributed by atoms with Crippen LogP contribution in [0, 0.1) is 6.92 Å². The second-order valence-electron chi connectivity index (χ2n) is 6.74. The molecule has 1 aliphatic heterocycles. The van der Waals surface area contributed by atoms with Crippen molar-refractivity contribution in [3.8, 4) is 5.69 Å². The molecule has 9 nitrogen and oxygen atoms in total. The number of hydrogen-bond donors (Lipinski definition) is 1. The lowest BCUT2D eigenvalue weighted by molar-refractivity contribution is 0.0681. The van der Waals surface area contributed by atoms with Gasteiger partial charge in [-0.05, 0) is 31.9 Å². The number of hydrogen-bond acceptors (Lipinski definition) is 6. The number of rotatable bonds is 4. The molecule has 4 rings (SSSR count). The fourth-order valence-electron chi connectivity index (χ4n) is 3.41. The maximum atomic E-state index is 13.2. The van der Waals surface area contributed by atoms with Crippen molar-refractivity contribution < 1.29 is 19.2 Å². The van der Waals surface area contributed by atoms with Crippen molar-refractivity contribution in [3.63, 3.8) is 0 Å². The van der Waals surface area contributed by atoms with Gasteiger partial charge in [-0.15, -0.1) is 0 Å². The predicted octanol–water partition coefficient (Wildman–Crippen LogP) is 2.28. The van der Waals surface area contributed by atoms with Crippen LogP contribution in [0.3, 0.4) is 0 Å². The lowest BCUT2D eigenvalue weighted by Gasteiger charge is -2.31. The highest BCUT2D eigenvalue weighted by molar-refractivity contribution is 5.96. The van der Waals surface area contributed by atoms with Crippen LogP contribution in [0.25, 0.3) is 5.69 Å². The number of carbonyl (C=O) groups is 2. The van der Waals surface area contributed by atoms with Crippen LogP contribution < -0.4 is 0 Å². The number of piperidine rings is 1. The summed E-state index contributed by atoms with van der Waals surface area (Å²) in [5.74, 6) is -0.401. The molecule has 1 atom stereocenters. The molecule has 0 saturated carbocycles. The first kappa shape index (κ1) is 17.9. The average Bonchev–Trinajstić information content (AvgIpc) is 3.35. The fraction of sp³-hybridized carbons (Fsp3) is 0.316. The number of aryl methyl sites for hydroxylation is 1. The standard InChI is InChI=1S/C19H19N5O4/c1-12-20-17(28-22-12)13-6-5-9-23(11-13)18(25)16-10-15(19(26)27)21-24(16)14-7-3-2-4-8-14/h2-4,7-8,10,13H,5-6,9,11H2,1H3,(H,26,27)/t13-/m0/s1. The molecule has 0 unspecified atom stereocenters. The molecule has 144 valence electrons. The highest BCUT2D eigenvalue weighted by Gasteiger charge is 2.31. The molecule has 9 heteroatoms. The number of nitrogens with zero attached hydrogens (tertiary/aromatic N) is 5. The summed E-state index contributed by atoms with van der Waals surface area (Å²) in [6.07, 6.45) is 1.65. The van der Waals surface area contributed by atoms with Crippen molar-refractivity contribution in [2.75, 3.05) is 13.1 Å². The molecule has 1 fully saturated rings. The van der Waals surface area contributed by atoms with Crippen molar-refractivity contribution in [1.29, 1.82) is 0 Å². The zero-order valence-electron chi connectivity index (χ0n) is 15.3. The van der Waals surface area contributed by atoms with Crippen LogP contribution in [0.15, 0.2) is 40.9 Å². The number of aromatic carboxylic acids is 1. The van der Waals surface area contributed by atoms with Gasteiger partial charge in [0, 0.05) is 19.2 Å². The highest BCUT2D eigenvalue weighted by Crippen LogP contribution is 2.27. The molecule has 28 heavy (non-hydrogen) atoms. The van der Waals surface area contributed by atoms with Gasteiger partial charge in [0.2, 0.25) is 5.89 Å². The summed E-state index contributed by atoms with van der Waals surface area (Å²) in [6.45, 7) is 2.76. The summed E-state index contributed by atoms with van der Waals surface area (Å²) in [5, 5.41) is 17.3. The van der Waals surface area contributed by atoms with Crippen LogP contribution in [-0.2, 0) is 0 Å². The van der Waals surface area contributed by atoms with E-state index in [-0.39, 0.29) is 23.2 Å². The van der Waals surface area contributed by atoms with Gasteiger partial charge in [-0.1, -0.05) is 23.4 Å². The molecule has 1 aromatic carbocycles. The Labute approximate surface area is 160 Å². The van der Waals surface area contributed by atoms with E-state index < -0.39 is 5.97 Å². The fourth-order valence-corrected chi connectivity index (χ4v) is 3.41. The molecule has 1 amide bonds. The van der Waals surface area contributed by atoms with E-state index in [1.165, 1.54) is 10.7 Å². The van der Waals surface area contributed by atoms with Gasteiger partial charge in [-0.3, -0.25) is 4.79 Å². The summed E-state index contributed by atoms with van der Waals surface area (Å²) in [7, 11) is 0. The molecule has 1 N–H and O–H groups in total. The topological polar surface area (TPSA) is 114 Å². The summed E-state index contributed by atoms with van der Waals surface area (Å²) in [5.41, 5.74) is 0.665. The van der Waals surface area contributed by atoms with Crippen LogP contribution in [0.4, 0.5) is 0 Å². The Hall–Kier alpha value is -3.49. The molecule has 0 aliphatic carbocycles. The number of likely N-dealkylation sites (tertiary alicyclic amines) is 1. The van der Waals surface area contributed by atoms with Crippen LogP contribution >= 0.6 is 0 Å². The zero-order chi connectivity index (χ0) is 19.7. The average molecular weight is 381 g/mol. The molecule has 0 bridgehead atoms. The maximum Gasteiger partial charge on any atom is 0.356 e. The van der Waals surface area contributed by atoms with Crippen molar-refractivity contribution in [2.24, 2.45) is 0 Å². The Kier molecular flexibility index (Phi) is 4.64. The number of benzene rings is 1. The van der Waals surface area contributed by atoms with E-state index in [1.807, 2.05) is 6.07 Å². The van der Waals surface area contributed by atoms with Gasteiger partial charge >= 0.3 is 5.97 Å². The van der Waals surface area contributed by atoms with Gasteiger partial charge < -0.3 is 14.5 Å². The molecule has 3 aromatic rings. The van der Waals surface area contributed by atoms with Gasteiger partial charge in [-0.25, -0.2) is 9.48 Å². The van der Waals surface area contributed by atoms with Crippen molar-refractivity contribution in [1.82, 2.24) is 24.8 Å². The van der Waals surface area contributed by atoms with E-state index in [2.05, 4.69) is 15.2 Å². The zero-order valence-corrected chi connectivity index (χ0v) is 15.3. The summed E-state index contributed by atoms with van der Waals surface area (Å²) < 4.78 is 6.65. The number of carbonyl (C=O) groups excluding carboxylic acids is 1. The Morgan fingerprint density at radius 3 is 2.71 bits per heavy atom. The van der Waals surface area contributed by atoms with Crippen LogP contribution in [0.5, 0.6) is 0 Å². The summed E-state index contributed by atoms with van der Waals surface area (Å²) >= 11 is 0. The Morgan fingerprint density at radius 1 is 1.25 bits per heavy atom. The third-order valence-corrected chi connectivity index (χ3v) is 4.75. The number of carboxylic acid groups (broad SMARTS) is 1.